The molecule has 2 N–H and O–H groups in total. The molecule has 8 heteroatoms. The van der Waals surface area contributed by atoms with Crippen LogP contribution in [-0.4, -0.2) is 30.2 Å². The molecular weight excluding hydrogens is 425 g/mol. The lowest BCUT2D eigenvalue weighted by atomic mass is 10.1. The van der Waals surface area contributed by atoms with Crippen LogP contribution in [-0.2, 0) is 24.4 Å². The summed E-state index contributed by atoms with van der Waals surface area (Å²) < 4.78 is 25.5. The standard InChI is InChI=1S/C25H28FN3O4/c1-4-21-22(25(31)33-5-2)15-29(16-28-19-9-11-20(32-3)12-10-19)23(21)24(30)27-14-17-7-6-8-18(26)13-17/h6-13,15,28H,4-5,14,16H2,1-3H3,(H,27,30). The van der Waals surface area contributed by atoms with Gasteiger partial charge in [-0.2, -0.15) is 0 Å². The summed E-state index contributed by atoms with van der Waals surface area (Å²) in [5.74, 6) is -0.468. The number of hydrogen-bond acceptors (Lipinski definition) is 5. The molecule has 7 nitrogen and oxygen atoms in total. The summed E-state index contributed by atoms with van der Waals surface area (Å²) in [7, 11) is 1.60. The summed E-state index contributed by atoms with van der Waals surface area (Å²) >= 11 is 0. The molecule has 0 atom stereocenters. The highest BCUT2D eigenvalue weighted by Gasteiger charge is 2.25. The van der Waals surface area contributed by atoms with Crippen LogP contribution >= 0.6 is 0 Å². The zero-order valence-electron chi connectivity index (χ0n) is 19.0. The molecule has 2 aromatic carbocycles. The van der Waals surface area contributed by atoms with E-state index in [0.717, 1.165) is 11.4 Å². The zero-order chi connectivity index (χ0) is 23.8. The van der Waals surface area contributed by atoms with Crippen molar-refractivity contribution in [3.05, 3.63) is 82.9 Å². The van der Waals surface area contributed by atoms with E-state index in [2.05, 4.69) is 10.6 Å². The van der Waals surface area contributed by atoms with Crippen LogP contribution in [0.4, 0.5) is 10.1 Å². The molecule has 1 aromatic heterocycles. The number of nitrogens with one attached hydrogen (secondary N) is 2. The van der Waals surface area contributed by atoms with E-state index in [1.165, 1.54) is 12.1 Å². The lowest BCUT2D eigenvalue weighted by molar-refractivity contribution is 0.0525. The van der Waals surface area contributed by atoms with Gasteiger partial charge in [-0.05, 0) is 60.9 Å². The third kappa shape index (κ3) is 5.91. The number of methoxy groups -OCH3 is 1. The summed E-state index contributed by atoms with van der Waals surface area (Å²) in [4.78, 5) is 25.7. The van der Waals surface area contributed by atoms with E-state index >= 15 is 0 Å². The maximum atomic E-state index is 13.5. The molecule has 1 amide bonds. The van der Waals surface area contributed by atoms with Gasteiger partial charge in [-0.3, -0.25) is 4.79 Å². The van der Waals surface area contributed by atoms with Gasteiger partial charge in [0.05, 0.1) is 25.9 Å². The van der Waals surface area contributed by atoms with Gasteiger partial charge in [0.1, 0.15) is 17.3 Å². The average molecular weight is 454 g/mol. The molecular formula is C25H28FN3O4. The normalized spacial score (nSPS) is 10.5. The van der Waals surface area contributed by atoms with E-state index < -0.39 is 5.97 Å². The lowest BCUT2D eigenvalue weighted by Gasteiger charge is -2.14. The van der Waals surface area contributed by atoms with E-state index in [9.17, 15) is 14.0 Å². The number of anilines is 1. The van der Waals surface area contributed by atoms with Gasteiger partial charge in [0.15, 0.2) is 0 Å². The number of amides is 1. The molecule has 3 aromatic rings. The average Bonchev–Trinajstić information content (AvgIpc) is 3.20. The monoisotopic (exact) mass is 453 g/mol. The fourth-order valence-corrected chi connectivity index (χ4v) is 3.53. The van der Waals surface area contributed by atoms with Gasteiger partial charge in [-0.15, -0.1) is 0 Å². The number of carbonyl (C=O) groups excluding carboxylic acids is 2. The van der Waals surface area contributed by atoms with E-state index in [1.54, 1.807) is 36.9 Å². The van der Waals surface area contributed by atoms with Crippen molar-refractivity contribution in [3.8, 4) is 5.75 Å². The molecule has 0 spiro atoms. The van der Waals surface area contributed by atoms with Gasteiger partial charge in [-0.1, -0.05) is 19.1 Å². The summed E-state index contributed by atoms with van der Waals surface area (Å²) in [6.45, 7) is 4.26. The van der Waals surface area contributed by atoms with Crippen molar-refractivity contribution in [1.82, 2.24) is 9.88 Å². The van der Waals surface area contributed by atoms with Gasteiger partial charge < -0.3 is 24.7 Å². The Bertz CT molecular complexity index is 1110. The number of nitrogens with zero attached hydrogens (tertiary/aromatic N) is 1. The minimum absolute atomic E-state index is 0.158. The van der Waals surface area contributed by atoms with Crippen molar-refractivity contribution in [2.75, 3.05) is 19.0 Å². The van der Waals surface area contributed by atoms with Crippen LogP contribution < -0.4 is 15.4 Å². The van der Waals surface area contributed by atoms with Gasteiger partial charge in [0.2, 0.25) is 0 Å². The van der Waals surface area contributed by atoms with E-state index in [4.69, 9.17) is 9.47 Å². The van der Waals surface area contributed by atoms with E-state index in [1.807, 2.05) is 31.2 Å². The topological polar surface area (TPSA) is 81.6 Å². The molecule has 0 saturated carbocycles. The summed E-state index contributed by atoms with van der Waals surface area (Å²) in [5, 5.41) is 6.08. The van der Waals surface area contributed by atoms with Gasteiger partial charge in [0.25, 0.3) is 5.91 Å². The number of carbonyl (C=O) groups is 2. The largest absolute Gasteiger partial charge is 0.497 e. The van der Waals surface area contributed by atoms with E-state index in [0.29, 0.717) is 28.8 Å². The number of halogens is 1. The minimum Gasteiger partial charge on any atom is -0.497 e. The number of benzene rings is 2. The van der Waals surface area contributed by atoms with Crippen molar-refractivity contribution >= 4 is 17.6 Å². The van der Waals surface area contributed by atoms with Crippen LogP contribution in [0, 0.1) is 5.82 Å². The van der Waals surface area contributed by atoms with Crippen LogP contribution in [0.2, 0.25) is 0 Å². The SMILES string of the molecule is CCOC(=O)c1cn(CNc2ccc(OC)cc2)c(C(=O)NCc2cccc(F)c2)c1CC. The third-order valence-corrected chi connectivity index (χ3v) is 5.13. The van der Waals surface area contributed by atoms with Gasteiger partial charge >= 0.3 is 5.97 Å². The Morgan fingerprint density at radius 3 is 2.48 bits per heavy atom. The molecule has 174 valence electrons. The predicted octanol–water partition coefficient (Wildman–Crippen LogP) is 4.37. The molecule has 0 aliphatic carbocycles. The third-order valence-electron chi connectivity index (χ3n) is 5.13. The highest BCUT2D eigenvalue weighted by atomic mass is 19.1. The first-order valence-electron chi connectivity index (χ1n) is 10.8. The number of aromatic nitrogens is 1. The van der Waals surface area contributed by atoms with Gasteiger partial charge in [-0.25, -0.2) is 9.18 Å². The van der Waals surface area contributed by atoms with Crippen LogP contribution in [0.5, 0.6) is 5.75 Å². The van der Waals surface area contributed by atoms with Crippen molar-refractivity contribution < 1.29 is 23.5 Å². The Labute approximate surface area is 192 Å². The fourth-order valence-electron chi connectivity index (χ4n) is 3.53. The maximum absolute atomic E-state index is 13.5. The minimum atomic E-state index is -0.475. The molecule has 0 bridgehead atoms. The van der Waals surface area contributed by atoms with Crippen LogP contribution in [0.25, 0.3) is 0 Å². The smallest absolute Gasteiger partial charge is 0.339 e. The second-order valence-electron chi connectivity index (χ2n) is 7.29. The van der Waals surface area contributed by atoms with Crippen molar-refractivity contribution in [3.63, 3.8) is 0 Å². The number of hydrogen-bond donors (Lipinski definition) is 2. The first-order chi connectivity index (χ1) is 16.0. The highest BCUT2D eigenvalue weighted by molar-refractivity contribution is 6.00. The molecule has 1 heterocycles. The second kappa shape index (κ2) is 11.2. The summed E-state index contributed by atoms with van der Waals surface area (Å²) in [6.07, 6.45) is 2.09. The Morgan fingerprint density at radius 2 is 1.85 bits per heavy atom. The molecule has 3 rings (SSSR count). The maximum Gasteiger partial charge on any atom is 0.339 e. The number of esters is 1. The quantitative estimate of drug-likeness (QED) is 0.446. The first-order valence-corrected chi connectivity index (χ1v) is 10.8. The molecule has 0 radical (unpaired) electrons. The summed E-state index contributed by atoms with van der Waals surface area (Å²) in [5.41, 5.74) is 2.78. The predicted molar refractivity (Wildman–Crippen MR) is 124 cm³/mol. The van der Waals surface area contributed by atoms with Crippen LogP contribution in [0.1, 0.15) is 45.8 Å². The van der Waals surface area contributed by atoms with E-state index in [-0.39, 0.29) is 31.5 Å². The Hall–Kier alpha value is -3.81. The molecule has 0 aliphatic rings. The Morgan fingerprint density at radius 1 is 1.09 bits per heavy atom. The number of ether oxygens (including phenoxy) is 2. The Kier molecular flexibility index (Phi) is 8.07. The molecule has 0 fully saturated rings. The Balaban J connectivity index is 1.87. The van der Waals surface area contributed by atoms with Crippen LogP contribution in [0.3, 0.4) is 0 Å². The van der Waals surface area contributed by atoms with Crippen LogP contribution in [0.15, 0.2) is 54.7 Å². The highest BCUT2D eigenvalue weighted by Crippen LogP contribution is 2.22. The van der Waals surface area contributed by atoms with Gasteiger partial charge in [0, 0.05) is 18.4 Å². The lowest BCUT2D eigenvalue weighted by Crippen LogP contribution is -2.27. The zero-order valence-corrected chi connectivity index (χ0v) is 19.0. The van der Waals surface area contributed by atoms with Crippen molar-refractivity contribution in [2.24, 2.45) is 0 Å². The first kappa shape index (κ1) is 23.8. The molecule has 0 unspecified atom stereocenters. The molecule has 0 aliphatic heterocycles. The molecule has 33 heavy (non-hydrogen) atoms. The van der Waals surface area contributed by atoms with Crippen molar-refractivity contribution in [2.45, 2.75) is 33.5 Å². The summed E-state index contributed by atoms with van der Waals surface area (Å²) in [6, 6.07) is 13.4. The molecule has 0 saturated heterocycles. The fraction of sp³-hybridized carbons (Fsp3) is 0.280. The number of rotatable bonds is 10. The van der Waals surface area contributed by atoms with Crippen molar-refractivity contribution in [1.29, 1.82) is 0 Å². The second-order valence-corrected chi connectivity index (χ2v) is 7.29.